The molecular weight excluding hydrogens is 536 g/mol. The van der Waals surface area contributed by atoms with Gasteiger partial charge in [0.05, 0.1) is 29.6 Å². The Morgan fingerprint density at radius 3 is 2.22 bits per heavy atom. The van der Waals surface area contributed by atoms with Gasteiger partial charge in [-0.3, -0.25) is 4.79 Å². The number of nitrogens with one attached hydrogen (secondary N) is 1. The average Bonchev–Trinajstić information content (AvgIpc) is 3.51. The van der Waals surface area contributed by atoms with Crippen molar-refractivity contribution in [2.45, 2.75) is 20.8 Å². The van der Waals surface area contributed by atoms with E-state index in [9.17, 15) is 9.59 Å². The van der Waals surface area contributed by atoms with Crippen LogP contribution in [-0.2, 0) is 4.74 Å². The number of esters is 1. The Labute approximate surface area is 243 Å². The van der Waals surface area contributed by atoms with Crippen LogP contribution in [-0.4, -0.2) is 34.3 Å². The highest BCUT2D eigenvalue weighted by molar-refractivity contribution is 6.33. The summed E-state index contributed by atoms with van der Waals surface area (Å²) < 4.78 is 8.94. The molecule has 0 bridgehead atoms. The number of aryl methyl sites for hydroxylation is 2. The summed E-state index contributed by atoms with van der Waals surface area (Å²) in [5.41, 5.74) is 11.2. The highest BCUT2D eigenvalue weighted by Gasteiger charge is 2.15. The molecule has 0 unspecified atom stereocenters. The number of carbonyl (C=O) groups is 2. The molecule has 0 aliphatic rings. The molecule has 5 rings (SSSR count). The first-order chi connectivity index (χ1) is 19.8. The van der Waals surface area contributed by atoms with Gasteiger partial charge in [-0.15, -0.1) is 0 Å². The number of amides is 1. The molecule has 0 spiro atoms. The maximum absolute atomic E-state index is 12.8. The van der Waals surface area contributed by atoms with Gasteiger partial charge in [-0.1, -0.05) is 41.9 Å². The van der Waals surface area contributed by atoms with Gasteiger partial charge < -0.3 is 13.9 Å². The number of hydrogen-bond donors (Lipinski definition) is 1. The van der Waals surface area contributed by atoms with Crippen molar-refractivity contribution in [2.75, 3.05) is 7.11 Å². The Hall–Kier alpha value is -4.88. The number of benzene rings is 3. The van der Waals surface area contributed by atoms with Gasteiger partial charge in [-0.2, -0.15) is 5.10 Å². The van der Waals surface area contributed by atoms with E-state index in [0.29, 0.717) is 16.1 Å². The third-order valence-electron chi connectivity index (χ3n) is 6.99. The molecule has 7 nitrogen and oxygen atoms in total. The van der Waals surface area contributed by atoms with Crippen LogP contribution in [0.2, 0.25) is 5.02 Å². The second-order valence-electron chi connectivity index (χ2n) is 9.63. The second-order valence-corrected chi connectivity index (χ2v) is 10.0. The van der Waals surface area contributed by atoms with Crippen LogP contribution in [0.1, 0.15) is 43.4 Å². The summed E-state index contributed by atoms with van der Waals surface area (Å²) in [5.74, 6) is -0.795. The van der Waals surface area contributed by atoms with Crippen molar-refractivity contribution >= 4 is 29.7 Å². The molecule has 2 heterocycles. The summed E-state index contributed by atoms with van der Waals surface area (Å²) in [7, 11) is 1.32. The number of hydrazone groups is 1. The summed E-state index contributed by atoms with van der Waals surface area (Å²) in [6.07, 6.45) is 1.62. The topological polar surface area (TPSA) is 77.6 Å². The molecular formula is C33H29ClN4O3. The molecule has 0 saturated heterocycles. The molecule has 5 aromatic rings. The Morgan fingerprint density at radius 2 is 1.54 bits per heavy atom. The third kappa shape index (κ3) is 5.58. The van der Waals surface area contributed by atoms with E-state index in [1.165, 1.54) is 7.11 Å². The van der Waals surface area contributed by atoms with E-state index in [1.54, 1.807) is 30.5 Å². The molecule has 1 amide bonds. The van der Waals surface area contributed by atoms with Crippen LogP contribution in [0.4, 0.5) is 0 Å². The fraction of sp³-hybridized carbons (Fsp3) is 0.121. The zero-order valence-corrected chi connectivity index (χ0v) is 23.9. The first kappa shape index (κ1) is 27.7. The molecule has 0 atom stereocenters. The molecule has 3 aromatic carbocycles. The molecule has 8 heteroatoms. The van der Waals surface area contributed by atoms with E-state index in [0.717, 1.165) is 45.3 Å². The molecule has 41 heavy (non-hydrogen) atoms. The monoisotopic (exact) mass is 564 g/mol. The zero-order valence-electron chi connectivity index (χ0n) is 23.2. The lowest BCUT2D eigenvalue weighted by Gasteiger charge is -2.12. The summed E-state index contributed by atoms with van der Waals surface area (Å²) in [6, 6.07) is 29.0. The summed E-state index contributed by atoms with van der Waals surface area (Å²) in [6.45, 7) is 5.97. The maximum Gasteiger partial charge on any atom is 0.339 e. The summed E-state index contributed by atoms with van der Waals surface area (Å²) in [4.78, 5) is 24.7. The SMILES string of the molecule is COC(=O)c1ccc(-n2c(C)cc(/C=N/NC(=O)c3ccc(-n4c(C)ccc4-c4ccccc4)cc3)c2C)cc1Cl. The van der Waals surface area contributed by atoms with Crippen molar-refractivity contribution in [1.82, 2.24) is 14.6 Å². The minimum absolute atomic E-state index is 0.304. The number of nitrogens with zero attached hydrogens (tertiary/aromatic N) is 3. The Kier molecular flexibility index (Phi) is 7.90. The van der Waals surface area contributed by atoms with Crippen molar-refractivity contribution in [1.29, 1.82) is 0 Å². The van der Waals surface area contributed by atoms with Crippen molar-refractivity contribution in [2.24, 2.45) is 5.10 Å². The molecule has 0 aliphatic carbocycles. The second kappa shape index (κ2) is 11.7. The van der Waals surface area contributed by atoms with Gasteiger partial charge in [0.25, 0.3) is 5.91 Å². The largest absolute Gasteiger partial charge is 0.465 e. The first-order valence-electron chi connectivity index (χ1n) is 13.0. The van der Waals surface area contributed by atoms with Gasteiger partial charge in [0.15, 0.2) is 0 Å². The smallest absolute Gasteiger partial charge is 0.339 e. The summed E-state index contributed by atoms with van der Waals surface area (Å²) >= 11 is 6.33. The Bertz CT molecular complexity index is 1770. The quantitative estimate of drug-likeness (QED) is 0.130. The number of methoxy groups -OCH3 is 1. The average molecular weight is 565 g/mol. The Balaban J connectivity index is 1.30. The molecule has 1 N–H and O–H groups in total. The number of carbonyl (C=O) groups excluding carboxylic acids is 2. The van der Waals surface area contributed by atoms with Crippen LogP contribution in [0.15, 0.2) is 96.1 Å². The highest BCUT2D eigenvalue weighted by atomic mass is 35.5. The van der Waals surface area contributed by atoms with Crippen LogP contribution in [0, 0.1) is 20.8 Å². The molecule has 0 fully saturated rings. The van der Waals surface area contributed by atoms with Gasteiger partial charge in [0.2, 0.25) is 0 Å². The van der Waals surface area contributed by atoms with E-state index in [1.807, 2.05) is 60.9 Å². The lowest BCUT2D eigenvalue weighted by atomic mass is 10.1. The van der Waals surface area contributed by atoms with Crippen LogP contribution >= 0.6 is 11.6 Å². The predicted octanol–water partition coefficient (Wildman–Crippen LogP) is 7.06. The highest BCUT2D eigenvalue weighted by Crippen LogP contribution is 2.27. The van der Waals surface area contributed by atoms with Crippen molar-refractivity contribution in [3.63, 3.8) is 0 Å². The van der Waals surface area contributed by atoms with Gasteiger partial charge in [0.1, 0.15) is 0 Å². The lowest BCUT2D eigenvalue weighted by Crippen LogP contribution is -2.17. The molecule has 0 aliphatic heterocycles. The minimum atomic E-state index is -0.488. The van der Waals surface area contributed by atoms with Gasteiger partial charge in [-0.25, -0.2) is 10.2 Å². The third-order valence-corrected chi connectivity index (χ3v) is 7.30. The maximum atomic E-state index is 12.8. The van der Waals surface area contributed by atoms with E-state index < -0.39 is 5.97 Å². The van der Waals surface area contributed by atoms with Crippen molar-refractivity contribution in [3.8, 4) is 22.6 Å². The van der Waals surface area contributed by atoms with Crippen LogP contribution in [0.5, 0.6) is 0 Å². The van der Waals surface area contributed by atoms with Crippen molar-refractivity contribution < 1.29 is 14.3 Å². The molecule has 2 aromatic heterocycles. The zero-order chi connectivity index (χ0) is 29.1. The van der Waals surface area contributed by atoms with E-state index >= 15 is 0 Å². The van der Waals surface area contributed by atoms with E-state index in [-0.39, 0.29) is 5.91 Å². The molecule has 0 radical (unpaired) electrons. The van der Waals surface area contributed by atoms with Crippen LogP contribution in [0.25, 0.3) is 22.6 Å². The van der Waals surface area contributed by atoms with Crippen LogP contribution in [0.3, 0.4) is 0 Å². The number of halogens is 1. The number of ether oxygens (including phenoxy) is 1. The fourth-order valence-electron chi connectivity index (χ4n) is 4.94. The summed E-state index contributed by atoms with van der Waals surface area (Å²) in [5, 5.41) is 4.51. The van der Waals surface area contributed by atoms with E-state index in [4.69, 9.17) is 16.3 Å². The number of aromatic nitrogens is 2. The van der Waals surface area contributed by atoms with Gasteiger partial charge in [0, 0.05) is 39.6 Å². The first-order valence-corrected chi connectivity index (χ1v) is 13.4. The standard InChI is InChI=1S/C33H29ClN4O3/c1-21-10-17-31(24-8-6-5-7-9-24)38(21)27-13-11-25(12-14-27)32(39)36-35-20-26-18-22(2)37(23(26)3)28-15-16-29(30(34)19-28)33(40)41-4/h5-20H,1-4H3,(H,36,39)/b35-20+. The van der Waals surface area contributed by atoms with E-state index in [2.05, 4.69) is 46.3 Å². The van der Waals surface area contributed by atoms with Crippen molar-refractivity contribution in [3.05, 3.63) is 130 Å². The minimum Gasteiger partial charge on any atom is -0.465 e. The molecule has 0 saturated carbocycles. The predicted molar refractivity (Wildman–Crippen MR) is 163 cm³/mol. The van der Waals surface area contributed by atoms with Gasteiger partial charge >= 0.3 is 5.97 Å². The van der Waals surface area contributed by atoms with Crippen LogP contribution < -0.4 is 5.43 Å². The number of rotatable bonds is 7. The number of hydrogen-bond acceptors (Lipinski definition) is 4. The normalized spacial score (nSPS) is 11.1. The Morgan fingerprint density at radius 1 is 0.829 bits per heavy atom. The fourth-order valence-corrected chi connectivity index (χ4v) is 5.19. The lowest BCUT2D eigenvalue weighted by molar-refractivity contribution is 0.0600. The van der Waals surface area contributed by atoms with Gasteiger partial charge in [-0.05, 0) is 87.0 Å². The molecule has 206 valence electrons.